The molecule has 0 radical (unpaired) electrons. The van der Waals surface area contributed by atoms with E-state index in [-0.39, 0.29) is 23.4 Å². The molecular weight excluding hydrogens is 318 g/mol. The first-order chi connectivity index (χ1) is 12.1. The zero-order valence-electron chi connectivity index (χ0n) is 14.7. The molecule has 4 rings (SSSR count). The van der Waals surface area contributed by atoms with Crippen molar-refractivity contribution in [2.24, 2.45) is 5.92 Å². The van der Waals surface area contributed by atoms with Crippen LogP contribution in [-0.4, -0.2) is 53.9 Å². The monoisotopic (exact) mass is 345 g/mol. The summed E-state index contributed by atoms with van der Waals surface area (Å²) in [7, 11) is 0. The Morgan fingerprint density at radius 1 is 1.28 bits per heavy atom. The highest BCUT2D eigenvalue weighted by molar-refractivity contribution is 5.95. The van der Waals surface area contributed by atoms with Crippen molar-refractivity contribution in [3.63, 3.8) is 0 Å². The quantitative estimate of drug-likeness (QED) is 0.911. The minimum atomic E-state index is -0.231. The number of phenolic OH excluding ortho intramolecular Hbond substituents is 1. The van der Waals surface area contributed by atoms with Gasteiger partial charge in [0, 0.05) is 25.2 Å². The Hall–Kier alpha value is -1.59. The van der Waals surface area contributed by atoms with Crippen molar-refractivity contribution in [3.05, 3.63) is 29.8 Å². The van der Waals surface area contributed by atoms with Crippen LogP contribution in [0.3, 0.4) is 0 Å². The van der Waals surface area contributed by atoms with Gasteiger partial charge in [-0.2, -0.15) is 0 Å². The van der Waals surface area contributed by atoms with Gasteiger partial charge in [-0.15, -0.1) is 0 Å². The second kappa shape index (κ2) is 6.96. The molecule has 5 heteroatoms. The van der Waals surface area contributed by atoms with E-state index in [1.807, 2.05) is 0 Å². The molecule has 1 aromatic carbocycles. The third kappa shape index (κ3) is 3.67. The normalized spacial score (nSPS) is 25.9. The number of ether oxygens (including phenoxy) is 2. The summed E-state index contributed by atoms with van der Waals surface area (Å²) in [5.41, 5.74) is 0.296. The number of hydrogen-bond acceptors (Lipinski definition) is 4. The van der Waals surface area contributed by atoms with Crippen LogP contribution in [0.2, 0.25) is 0 Å². The van der Waals surface area contributed by atoms with Crippen LogP contribution in [0, 0.1) is 5.92 Å². The van der Waals surface area contributed by atoms with Crippen molar-refractivity contribution in [2.45, 2.75) is 50.2 Å². The lowest BCUT2D eigenvalue weighted by molar-refractivity contribution is -0.187. The Bertz CT molecular complexity index is 620. The van der Waals surface area contributed by atoms with Crippen LogP contribution in [0.1, 0.15) is 48.9 Å². The molecular formula is C20H27NO4. The summed E-state index contributed by atoms with van der Waals surface area (Å²) in [5.74, 6) is 0.818. The van der Waals surface area contributed by atoms with Gasteiger partial charge in [0.25, 0.3) is 5.91 Å². The number of aromatic hydroxyl groups is 1. The molecule has 136 valence electrons. The molecule has 5 nitrogen and oxygen atoms in total. The van der Waals surface area contributed by atoms with Gasteiger partial charge in [0.05, 0.1) is 19.2 Å². The summed E-state index contributed by atoms with van der Waals surface area (Å²) < 4.78 is 12.2. The molecule has 1 aliphatic carbocycles. The maximum atomic E-state index is 12.5. The third-order valence-corrected chi connectivity index (χ3v) is 5.83. The van der Waals surface area contributed by atoms with E-state index in [0.717, 1.165) is 25.4 Å². The Kier molecular flexibility index (Phi) is 4.69. The number of nitrogens with zero attached hydrogens (tertiary/aromatic N) is 1. The average Bonchev–Trinajstić information content (AvgIpc) is 3.11. The van der Waals surface area contributed by atoms with Crippen molar-refractivity contribution < 1.29 is 19.4 Å². The minimum Gasteiger partial charge on any atom is -0.508 e. The van der Waals surface area contributed by atoms with E-state index in [2.05, 4.69) is 0 Å². The van der Waals surface area contributed by atoms with Crippen LogP contribution in [0.5, 0.6) is 5.75 Å². The standard InChI is InChI=1S/C20H27NO4/c22-17-7-3-6-16(10-17)19(23)21-13-20(14-21)11-18(8-9-25-20)24-12-15-4-1-2-5-15/h3,6-7,10,15,18,22H,1-2,4-5,8-9,11-14H2/t18-/m1/s1. The van der Waals surface area contributed by atoms with E-state index in [0.29, 0.717) is 25.3 Å². The molecule has 3 aliphatic rings. The molecule has 1 spiro atoms. The molecule has 0 bridgehead atoms. The van der Waals surface area contributed by atoms with Crippen molar-refractivity contribution in [1.29, 1.82) is 0 Å². The van der Waals surface area contributed by atoms with Crippen molar-refractivity contribution in [3.8, 4) is 5.75 Å². The van der Waals surface area contributed by atoms with E-state index in [1.54, 1.807) is 23.1 Å². The summed E-state index contributed by atoms with van der Waals surface area (Å²) in [4.78, 5) is 14.3. The lowest BCUT2D eigenvalue weighted by atomic mass is 9.84. The van der Waals surface area contributed by atoms with E-state index in [4.69, 9.17) is 9.47 Å². The Morgan fingerprint density at radius 3 is 2.84 bits per heavy atom. The van der Waals surface area contributed by atoms with Gasteiger partial charge in [-0.3, -0.25) is 4.79 Å². The highest BCUT2D eigenvalue weighted by atomic mass is 16.5. The molecule has 2 heterocycles. The summed E-state index contributed by atoms with van der Waals surface area (Å²) >= 11 is 0. The summed E-state index contributed by atoms with van der Waals surface area (Å²) in [6.45, 7) is 2.83. The number of phenols is 1. The molecule has 2 aliphatic heterocycles. The fourth-order valence-corrected chi connectivity index (χ4v) is 4.41. The number of rotatable bonds is 4. The number of hydrogen-bond donors (Lipinski definition) is 1. The number of benzene rings is 1. The second-order valence-electron chi connectivity index (χ2n) is 7.84. The SMILES string of the molecule is O=C(c1cccc(O)c1)N1CC2(C[C@H](OCC3CCCC3)CCO2)C1. The molecule has 0 aromatic heterocycles. The lowest BCUT2D eigenvalue weighted by Gasteiger charge is -2.53. The topological polar surface area (TPSA) is 59.0 Å². The Balaban J connectivity index is 1.29. The van der Waals surface area contributed by atoms with E-state index in [9.17, 15) is 9.90 Å². The van der Waals surface area contributed by atoms with Gasteiger partial charge < -0.3 is 19.5 Å². The number of carbonyl (C=O) groups is 1. The second-order valence-corrected chi connectivity index (χ2v) is 7.84. The summed E-state index contributed by atoms with van der Waals surface area (Å²) in [6, 6.07) is 6.53. The zero-order valence-corrected chi connectivity index (χ0v) is 14.7. The first-order valence-electron chi connectivity index (χ1n) is 9.47. The molecule has 25 heavy (non-hydrogen) atoms. The van der Waals surface area contributed by atoms with Crippen LogP contribution in [0.15, 0.2) is 24.3 Å². The first kappa shape index (κ1) is 16.9. The molecule has 1 atom stereocenters. The highest BCUT2D eigenvalue weighted by Gasteiger charge is 2.49. The Labute approximate surface area is 148 Å². The van der Waals surface area contributed by atoms with Gasteiger partial charge in [-0.05, 0) is 43.4 Å². The number of carbonyl (C=O) groups excluding carboxylic acids is 1. The summed E-state index contributed by atoms with van der Waals surface area (Å²) in [5, 5.41) is 9.55. The van der Waals surface area contributed by atoms with Gasteiger partial charge >= 0.3 is 0 Å². The molecule has 3 fully saturated rings. The Morgan fingerprint density at radius 2 is 2.08 bits per heavy atom. The highest BCUT2D eigenvalue weighted by Crippen LogP contribution is 2.37. The van der Waals surface area contributed by atoms with Crippen LogP contribution < -0.4 is 0 Å². The van der Waals surface area contributed by atoms with E-state index < -0.39 is 0 Å². The lowest BCUT2D eigenvalue weighted by Crippen LogP contribution is -2.67. The largest absolute Gasteiger partial charge is 0.508 e. The smallest absolute Gasteiger partial charge is 0.254 e. The maximum Gasteiger partial charge on any atom is 0.254 e. The average molecular weight is 345 g/mol. The van der Waals surface area contributed by atoms with E-state index in [1.165, 1.54) is 31.7 Å². The molecule has 0 unspecified atom stereocenters. The molecule has 1 aromatic rings. The fourth-order valence-electron chi connectivity index (χ4n) is 4.41. The van der Waals surface area contributed by atoms with Gasteiger partial charge in [0.1, 0.15) is 11.4 Å². The fraction of sp³-hybridized carbons (Fsp3) is 0.650. The van der Waals surface area contributed by atoms with Gasteiger partial charge in [-0.1, -0.05) is 18.9 Å². The predicted octanol–water partition coefficient (Wildman–Crippen LogP) is 2.97. The van der Waals surface area contributed by atoms with E-state index >= 15 is 0 Å². The van der Waals surface area contributed by atoms with Gasteiger partial charge in [0.2, 0.25) is 0 Å². The minimum absolute atomic E-state index is 0.0425. The maximum absolute atomic E-state index is 12.5. The summed E-state index contributed by atoms with van der Waals surface area (Å²) in [6.07, 6.45) is 7.39. The molecule has 1 amide bonds. The zero-order chi connectivity index (χ0) is 17.3. The van der Waals surface area contributed by atoms with Crippen LogP contribution in [0.4, 0.5) is 0 Å². The van der Waals surface area contributed by atoms with Crippen LogP contribution in [-0.2, 0) is 9.47 Å². The predicted molar refractivity (Wildman–Crippen MR) is 93.6 cm³/mol. The number of likely N-dealkylation sites (tertiary alicyclic amines) is 1. The van der Waals surface area contributed by atoms with Crippen LogP contribution in [0.25, 0.3) is 0 Å². The first-order valence-corrected chi connectivity index (χ1v) is 9.47. The van der Waals surface area contributed by atoms with Crippen molar-refractivity contribution in [2.75, 3.05) is 26.3 Å². The molecule has 1 saturated carbocycles. The molecule has 2 saturated heterocycles. The van der Waals surface area contributed by atoms with Crippen molar-refractivity contribution >= 4 is 5.91 Å². The van der Waals surface area contributed by atoms with Crippen molar-refractivity contribution in [1.82, 2.24) is 4.90 Å². The van der Waals surface area contributed by atoms with Gasteiger partial charge in [0.15, 0.2) is 0 Å². The molecule has 1 N–H and O–H groups in total. The van der Waals surface area contributed by atoms with Gasteiger partial charge in [-0.25, -0.2) is 0 Å². The number of amides is 1. The van der Waals surface area contributed by atoms with Crippen LogP contribution >= 0.6 is 0 Å². The third-order valence-electron chi connectivity index (χ3n) is 5.83.